The van der Waals surface area contributed by atoms with Crippen molar-refractivity contribution in [3.8, 4) is 5.75 Å². The van der Waals surface area contributed by atoms with Gasteiger partial charge in [-0.05, 0) is 50.2 Å². The number of aromatic hydroxyl groups is 1. The molecular weight excluding hydrogens is 346 g/mol. The zero-order chi connectivity index (χ0) is 20.4. The molecule has 1 aromatic rings. The van der Waals surface area contributed by atoms with E-state index in [2.05, 4.69) is 5.32 Å². The predicted molar refractivity (Wildman–Crippen MR) is 96.1 cm³/mol. The molecule has 0 aliphatic carbocycles. The number of aliphatic carboxylic acids is 3. The van der Waals surface area contributed by atoms with Gasteiger partial charge in [-0.15, -0.1) is 0 Å². The topological polar surface area (TPSA) is 196 Å². The van der Waals surface area contributed by atoms with Gasteiger partial charge in [0.1, 0.15) is 12.3 Å². The lowest BCUT2D eigenvalue weighted by Crippen LogP contribution is -2.11. The number of nitrogens with two attached hydrogens (primary N) is 2. The molecule has 0 spiro atoms. The molecule has 9 N–H and O–H groups in total. The van der Waals surface area contributed by atoms with Crippen LogP contribution in [0.15, 0.2) is 24.3 Å². The first-order valence-corrected chi connectivity index (χ1v) is 7.81. The van der Waals surface area contributed by atoms with Gasteiger partial charge in [0.15, 0.2) is 0 Å². The largest absolute Gasteiger partial charge is 0.508 e. The van der Waals surface area contributed by atoms with Crippen molar-refractivity contribution in [2.24, 2.45) is 11.5 Å². The van der Waals surface area contributed by atoms with E-state index in [0.29, 0.717) is 31.6 Å². The third-order valence-corrected chi connectivity index (χ3v) is 2.50. The van der Waals surface area contributed by atoms with Crippen LogP contribution in [-0.4, -0.2) is 58.0 Å². The summed E-state index contributed by atoms with van der Waals surface area (Å²) in [6.45, 7) is 0.809. The summed E-state index contributed by atoms with van der Waals surface area (Å²) < 4.78 is 0. The minimum absolute atomic E-state index is 0.120. The zero-order valence-electron chi connectivity index (χ0n) is 14.4. The second-order valence-corrected chi connectivity index (χ2v) is 4.87. The standard InChI is InChI=1S/C8H9NO3.2C4H9NO2/c10-7-3-1-6(2-4-7)9-5-8(11)12;2*5-3-1-2-4(6)7/h1-4,9-10H,5H2,(H,11,12);2*1-3,5H2,(H,6,7). The SMILES string of the molecule is NCCCC(=O)O.NCCCC(=O)O.O=C(O)CNc1ccc(O)cc1. The van der Waals surface area contributed by atoms with Crippen LogP contribution in [0.1, 0.15) is 25.7 Å². The molecule has 1 aromatic carbocycles. The smallest absolute Gasteiger partial charge is 0.322 e. The van der Waals surface area contributed by atoms with Crippen molar-refractivity contribution in [2.75, 3.05) is 25.0 Å². The molecule has 0 aliphatic rings. The number of hydrogen-bond acceptors (Lipinski definition) is 7. The Morgan fingerprint density at radius 1 is 0.808 bits per heavy atom. The van der Waals surface area contributed by atoms with Gasteiger partial charge >= 0.3 is 17.9 Å². The quantitative estimate of drug-likeness (QED) is 0.299. The number of carboxylic acids is 3. The maximum Gasteiger partial charge on any atom is 0.322 e. The number of carboxylic acid groups (broad SMARTS) is 3. The van der Waals surface area contributed by atoms with Crippen molar-refractivity contribution in [3.05, 3.63) is 24.3 Å². The lowest BCUT2D eigenvalue weighted by atomic mass is 10.3. The normalized spacial score (nSPS) is 9.00. The molecule has 0 saturated carbocycles. The molecule has 0 heterocycles. The number of anilines is 1. The third-order valence-electron chi connectivity index (χ3n) is 2.50. The van der Waals surface area contributed by atoms with Crippen molar-refractivity contribution >= 4 is 23.6 Å². The summed E-state index contributed by atoms with van der Waals surface area (Å²) in [6, 6.07) is 6.20. The van der Waals surface area contributed by atoms with Crippen LogP contribution in [0.3, 0.4) is 0 Å². The van der Waals surface area contributed by atoms with E-state index in [0.717, 1.165) is 0 Å². The Labute approximate surface area is 151 Å². The first-order chi connectivity index (χ1) is 12.2. The summed E-state index contributed by atoms with van der Waals surface area (Å²) in [5.41, 5.74) is 10.7. The van der Waals surface area contributed by atoms with Crippen LogP contribution in [-0.2, 0) is 14.4 Å². The Hall–Kier alpha value is -2.85. The number of benzene rings is 1. The minimum atomic E-state index is -0.914. The number of carbonyl (C=O) groups is 3. The highest BCUT2D eigenvalue weighted by molar-refractivity contribution is 5.72. The molecule has 0 saturated heterocycles. The van der Waals surface area contributed by atoms with Gasteiger partial charge in [-0.3, -0.25) is 14.4 Å². The van der Waals surface area contributed by atoms with E-state index in [1.54, 1.807) is 12.1 Å². The molecule has 0 aliphatic heterocycles. The molecule has 0 atom stereocenters. The summed E-state index contributed by atoms with van der Waals surface area (Å²) in [5.74, 6) is -2.30. The van der Waals surface area contributed by atoms with E-state index in [1.807, 2.05) is 0 Å². The summed E-state index contributed by atoms with van der Waals surface area (Å²) in [6.07, 6.45) is 1.54. The first-order valence-electron chi connectivity index (χ1n) is 7.81. The van der Waals surface area contributed by atoms with Crippen LogP contribution in [0.25, 0.3) is 0 Å². The highest BCUT2D eigenvalue weighted by Gasteiger charge is 1.96. The number of nitrogens with one attached hydrogen (secondary N) is 1. The molecule has 0 fully saturated rings. The van der Waals surface area contributed by atoms with Gasteiger partial charge in [0.25, 0.3) is 0 Å². The van der Waals surface area contributed by atoms with Crippen molar-refractivity contribution < 1.29 is 34.8 Å². The van der Waals surface area contributed by atoms with Crippen molar-refractivity contribution in [2.45, 2.75) is 25.7 Å². The van der Waals surface area contributed by atoms with E-state index >= 15 is 0 Å². The Kier molecular flexibility index (Phi) is 16.6. The lowest BCUT2D eigenvalue weighted by Gasteiger charge is -2.01. The van der Waals surface area contributed by atoms with Crippen LogP contribution >= 0.6 is 0 Å². The molecule has 0 aromatic heterocycles. The maximum atomic E-state index is 10.1. The molecule has 10 nitrogen and oxygen atoms in total. The summed E-state index contributed by atoms with van der Waals surface area (Å²) in [7, 11) is 0. The number of rotatable bonds is 9. The van der Waals surface area contributed by atoms with Crippen molar-refractivity contribution in [3.63, 3.8) is 0 Å². The van der Waals surface area contributed by atoms with E-state index in [4.69, 9.17) is 31.9 Å². The van der Waals surface area contributed by atoms with E-state index in [9.17, 15) is 14.4 Å². The highest BCUT2D eigenvalue weighted by atomic mass is 16.4. The molecule has 10 heteroatoms. The van der Waals surface area contributed by atoms with Crippen LogP contribution in [0, 0.1) is 0 Å². The summed E-state index contributed by atoms with van der Waals surface area (Å²) >= 11 is 0. The second-order valence-electron chi connectivity index (χ2n) is 4.87. The Morgan fingerprint density at radius 2 is 1.23 bits per heavy atom. The van der Waals surface area contributed by atoms with E-state index in [-0.39, 0.29) is 25.1 Å². The Balaban J connectivity index is 0. The van der Waals surface area contributed by atoms with Gasteiger partial charge in [-0.1, -0.05) is 0 Å². The summed E-state index contributed by atoms with van der Waals surface area (Å²) in [5, 5.41) is 35.8. The van der Waals surface area contributed by atoms with Gasteiger partial charge < -0.3 is 37.2 Å². The van der Waals surface area contributed by atoms with Crippen LogP contribution in [0.4, 0.5) is 5.69 Å². The zero-order valence-corrected chi connectivity index (χ0v) is 14.4. The average Bonchev–Trinajstić information content (AvgIpc) is 2.58. The van der Waals surface area contributed by atoms with E-state index < -0.39 is 17.9 Å². The number of hydrogen-bond donors (Lipinski definition) is 7. The molecule has 0 amide bonds. The number of phenolic OH excluding ortho intramolecular Hbond substituents is 1. The van der Waals surface area contributed by atoms with Gasteiger partial charge in [-0.25, -0.2) is 0 Å². The van der Waals surface area contributed by atoms with E-state index in [1.165, 1.54) is 12.1 Å². The monoisotopic (exact) mass is 373 g/mol. The van der Waals surface area contributed by atoms with Crippen molar-refractivity contribution in [1.82, 2.24) is 0 Å². The Morgan fingerprint density at radius 3 is 1.50 bits per heavy atom. The fourth-order valence-corrected chi connectivity index (χ4v) is 1.26. The minimum Gasteiger partial charge on any atom is -0.508 e. The van der Waals surface area contributed by atoms with Crippen LogP contribution in [0.2, 0.25) is 0 Å². The van der Waals surface area contributed by atoms with Crippen molar-refractivity contribution in [1.29, 1.82) is 0 Å². The highest BCUT2D eigenvalue weighted by Crippen LogP contribution is 2.12. The van der Waals surface area contributed by atoms with Crippen LogP contribution < -0.4 is 16.8 Å². The van der Waals surface area contributed by atoms with Gasteiger partial charge in [0.2, 0.25) is 0 Å². The first kappa shape index (κ1) is 25.4. The molecule has 0 bridgehead atoms. The molecule has 0 radical (unpaired) electrons. The summed E-state index contributed by atoms with van der Waals surface area (Å²) in [4.78, 5) is 29.5. The molecule has 1 rings (SSSR count). The van der Waals surface area contributed by atoms with Gasteiger partial charge in [-0.2, -0.15) is 0 Å². The third kappa shape index (κ3) is 21.1. The van der Waals surface area contributed by atoms with Gasteiger partial charge in [0.05, 0.1) is 0 Å². The molecule has 148 valence electrons. The average molecular weight is 373 g/mol. The number of phenols is 1. The fraction of sp³-hybridized carbons (Fsp3) is 0.438. The molecule has 0 unspecified atom stereocenters. The molecule has 26 heavy (non-hydrogen) atoms. The molecular formula is C16H27N3O7. The lowest BCUT2D eigenvalue weighted by molar-refractivity contribution is -0.138. The second kappa shape index (κ2) is 17.0. The van der Waals surface area contributed by atoms with Gasteiger partial charge in [0, 0.05) is 18.5 Å². The maximum absolute atomic E-state index is 10.1. The predicted octanol–water partition coefficient (Wildman–Crippen LogP) is 0.509. The Bertz CT molecular complexity index is 503. The fourth-order valence-electron chi connectivity index (χ4n) is 1.26. The van der Waals surface area contributed by atoms with Crippen LogP contribution in [0.5, 0.6) is 5.75 Å².